The molecule has 1 saturated carbocycles. The number of benzene rings is 2. The van der Waals surface area contributed by atoms with Crippen molar-refractivity contribution >= 4 is 23.0 Å². The molecule has 0 unspecified atom stereocenters. The number of rotatable bonds is 4. The number of aromatic nitrogens is 3. The molecule has 146 valence electrons. The van der Waals surface area contributed by atoms with Gasteiger partial charge in [0.2, 0.25) is 0 Å². The SMILES string of the molecule is N#Cc1c(-c2ccc3ccc(-c4ccccc4)nc3c2)nn(C2CC(C=O)C2)c1N. The normalized spacial score (nSPS) is 18.0. The molecule has 1 aliphatic carbocycles. The summed E-state index contributed by atoms with van der Waals surface area (Å²) < 4.78 is 1.70. The van der Waals surface area contributed by atoms with Crippen molar-refractivity contribution in [1.82, 2.24) is 14.8 Å². The lowest BCUT2D eigenvalue weighted by atomic mass is 9.81. The van der Waals surface area contributed by atoms with E-state index in [1.807, 2.05) is 60.7 Å². The number of anilines is 1. The topological polar surface area (TPSA) is 97.6 Å². The Morgan fingerprint density at radius 3 is 2.57 bits per heavy atom. The van der Waals surface area contributed by atoms with Crippen LogP contribution in [0.3, 0.4) is 0 Å². The van der Waals surface area contributed by atoms with Gasteiger partial charge < -0.3 is 10.5 Å². The number of hydrogen-bond acceptors (Lipinski definition) is 5. The Kier molecular flexibility index (Phi) is 4.29. The molecule has 2 heterocycles. The molecule has 0 aliphatic heterocycles. The fraction of sp³-hybridized carbons (Fsp3) is 0.167. The zero-order valence-corrected chi connectivity index (χ0v) is 16.2. The average molecular weight is 393 g/mol. The van der Waals surface area contributed by atoms with Crippen LogP contribution >= 0.6 is 0 Å². The third-order valence-corrected chi connectivity index (χ3v) is 5.78. The second kappa shape index (κ2) is 7.12. The Hall–Kier alpha value is -3.98. The van der Waals surface area contributed by atoms with E-state index in [4.69, 9.17) is 10.7 Å². The van der Waals surface area contributed by atoms with Crippen LogP contribution in [-0.4, -0.2) is 21.1 Å². The van der Waals surface area contributed by atoms with Gasteiger partial charge >= 0.3 is 0 Å². The molecular weight excluding hydrogens is 374 g/mol. The van der Waals surface area contributed by atoms with Crippen LogP contribution in [0.2, 0.25) is 0 Å². The highest BCUT2D eigenvalue weighted by Crippen LogP contribution is 2.40. The monoisotopic (exact) mass is 393 g/mol. The van der Waals surface area contributed by atoms with Crippen LogP contribution in [0.5, 0.6) is 0 Å². The fourth-order valence-electron chi connectivity index (χ4n) is 4.01. The van der Waals surface area contributed by atoms with E-state index in [9.17, 15) is 10.1 Å². The number of hydrogen-bond donors (Lipinski definition) is 1. The lowest BCUT2D eigenvalue weighted by molar-refractivity contribution is -0.114. The van der Waals surface area contributed by atoms with Crippen LogP contribution in [0.4, 0.5) is 5.82 Å². The van der Waals surface area contributed by atoms with Gasteiger partial charge in [-0.05, 0) is 25.0 Å². The molecule has 0 amide bonds. The first-order valence-electron chi connectivity index (χ1n) is 9.88. The van der Waals surface area contributed by atoms with Gasteiger partial charge in [0, 0.05) is 22.4 Å². The summed E-state index contributed by atoms with van der Waals surface area (Å²) in [5.41, 5.74) is 10.7. The van der Waals surface area contributed by atoms with E-state index in [1.165, 1.54) is 0 Å². The van der Waals surface area contributed by atoms with Gasteiger partial charge in [0.05, 0.1) is 17.3 Å². The van der Waals surface area contributed by atoms with E-state index in [0.717, 1.165) is 34.0 Å². The summed E-state index contributed by atoms with van der Waals surface area (Å²) in [5.74, 6) is 0.404. The van der Waals surface area contributed by atoms with Gasteiger partial charge in [0.25, 0.3) is 0 Å². The first-order chi connectivity index (χ1) is 14.7. The molecule has 4 aromatic rings. The van der Waals surface area contributed by atoms with Crippen LogP contribution in [0.15, 0.2) is 60.7 Å². The molecule has 2 aromatic heterocycles. The molecule has 0 bridgehead atoms. The minimum absolute atomic E-state index is 0.0499. The Bertz CT molecular complexity index is 1300. The van der Waals surface area contributed by atoms with Crippen molar-refractivity contribution in [1.29, 1.82) is 5.26 Å². The van der Waals surface area contributed by atoms with Gasteiger partial charge in [-0.15, -0.1) is 0 Å². The largest absolute Gasteiger partial charge is 0.383 e. The number of nitrogen functional groups attached to an aromatic ring is 1. The predicted octanol–water partition coefficient (Wildman–Crippen LogP) is 4.37. The Balaban J connectivity index is 1.57. The predicted molar refractivity (Wildman–Crippen MR) is 115 cm³/mol. The maximum atomic E-state index is 10.9. The van der Waals surface area contributed by atoms with Crippen LogP contribution < -0.4 is 5.73 Å². The maximum absolute atomic E-state index is 10.9. The Morgan fingerprint density at radius 2 is 1.83 bits per heavy atom. The Labute approximate surface area is 173 Å². The van der Waals surface area contributed by atoms with Crippen molar-refractivity contribution in [2.45, 2.75) is 18.9 Å². The van der Waals surface area contributed by atoms with Crippen molar-refractivity contribution in [3.05, 3.63) is 66.2 Å². The summed E-state index contributed by atoms with van der Waals surface area (Å²) >= 11 is 0. The zero-order chi connectivity index (χ0) is 20.7. The van der Waals surface area contributed by atoms with E-state index < -0.39 is 0 Å². The summed E-state index contributed by atoms with van der Waals surface area (Å²) in [4.78, 5) is 15.7. The molecule has 2 aromatic carbocycles. The van der Waals surface area contributed by atoms with E-state index in [2.05, 4.69) is 11.2 Å². The first-order valence-corrected chi connectivity index (χ1v) is 9.88. The molecule has 6 heteroatoms. The molecule has 5 rings (SSSR count). The highest BCUT2D eigenvalue weighted by atomic mass is 16.1. The molecule has 0 radical (unpaired) electrons. The van der Waals surface area contributed by atoms with Gasteiger partial charge in [0.15, 0.2) is 0 Å². The van der Waals surface area contributed by atoms with Gasteiger partial charge in [-0.2, -0.15) is 10.4 Å². The minimum atomic E-state index is 0.0499. The summed E-state index contributed by atoms with van der Waals surface area (Å²) in [6.45, 7) is 0. The number of fused-ring (bicyclic) bond motifs is 1. The highest BCUT2D eigenvalue weighted by Gasteiger charge is 2.33. The van der Waals surface area contributed by atoms with Crippen LogP contribution in [0.1, 0.15) is 24.4 Å². The van der Waals surface area contributed by atoms with Gasteiger partial charge in [-0.1, -0.05) is 48.5 Å². The third-order valence-electron chi connectivity index (χ3n) is 5.78. The second-order valence-corrected chi connectivity index (χ2v) is 7.66. The van der Waals surface area contributed by atoms with Crippen LogP contribution in [0, 0.1) is 17.2 Å². The zero-order valence-electron chi connectivity index (χ0n) is 16.2. The smallest absolute Gasteiger partial charge is 0.140 e. The highest BCUT2D eigenvalue weighted by molar-refractivity contribution is 5.87. The number of carbonyl (C=O) groups is 1. The standard InChI is InChI=1S/C24H19N5O/c25-13-20-23(28-29(24(20)26)19-10-15(11-19)14-30)18-7-6-17-8-9-21(27-22(17)12-18)16-4-2-1-3-5-16/h1-9,12,14-15,19H,10-11,26H2. The number of nitrogens with zero attached hydrogens (tertiary/aromatic N) is 4. The molecule has 1 fully saturated rings. The van der Waals surface area contributed by atoms with Gasteiger partial charge in [-0.3, -0.25) is 0 Å². The molecular formula is C24H19N5O. The van der Waals surface area contributed by atoms with E-state index in [-0.39, 0.29) is 12.0 Å². The van der Waals surface area contributed by atoms with E-state index in [0.29, 0.717) is 29.9 Å². The number of carbonyl (C=O) groups excluding carboxylic acids is 1. The summed E-state index contributed by atoms with van der Waals surface area (Å²) in [6, 6.07) is 22.2. The van der Waals surface area contributed by atoms with Crippen molar-refractivity contribution in [2.24, 2.45) is 5.92 Å². The van der Waals surface area contributed by atoms with Gasteiger partial charge in [0.1, 0.15) is 29.4 Å². The lowest BCUT2D eigenvalue weighted by Gasteiger charge is -2.32. The maximum Gasteiger partial charge on any atom is 0.140 e. The number of aldehydes is 1. The summed E-state index contributed by atoms with van der Waals surface area (Å²) in [7, 11) is 0. The van der Waals surface area contributed by atoms with Crippen molar-refractivity contribution in [3.8, 4) is 28.6 Å². The van der Waals surface area contributed by atoms with Gasteiger partial charge in [-0.25, -0.2) is 9.67 Å². The minimum Gasteiger partial charge on any atom is -0.383 e. The summed E-state index contributed by atoms with van der Waals surface area (Å²) in [6.07, 6.45) is 2.39. The lowest BCUT2D eigenvalue weighted by Crippen LogP contribution is -2.29. The fourth-order valence-corrected chi connectivity index (χ4v) is 4.01. The summed E-state index contributed by atoms with van der Waals surface area (Å²) in [5, 5.41) is 15.4. The molecule has 2 N–H and O–H groups in total. The quantitative estimate of drug-likeness (QED) is 0.519. The molecule has 30 heavy (non-hydrogen) atoms. The van der Waals surface area contributed by atoms with Crippen molar-refractivity contribution in [3.63, 3.8) is 0 Å². The van der Waals surface area contributed by atoms with Crippen molar-refractivity contribution in [2.75, 3.05) is 5.73 Å². The van der Waals surface area contributed by atoms with E-state index in [1.54, 1.807) is 4.68 Å². The molecule has 0 saturated heterocycles. The number of pyridine rings is 1. The number of nitriles is 1. The Morgan fingerprint density at radius 1 is 1.07 bits per heavy atom. The van der Waals surface area contributed by atoms with Crippen molar-refractivity contribution < 1.29 is 4.79 Å². The van der Waals surface area contributed by atoms with Crippen LogP contribution in [0.25, 0.3) is 33.4 Å². The molecule has 0 spiro atoms. The third kappa shape index (κ3) is 2.92. The molecule has 0 atom stereocenters. The van der Waals surface area contributed by atoms with E-state index >= 15 is 0 Å². The second-order valence-electron chi connectivity index (χ2n) is 7.66. The average Bonchev–Trinajstić information content (AvgIpc) is 3.09. The molecule has 6 nitrogen and oxygen atoms in total. The van der Waals surface area contributed by atoms with Crippen LogP contribution in [-0.2, 0) is 4.79 Å². The first kappa shape index (κ1) is 18.1. The molecule has 1 aliphatic rings. The number of nitrogens with two attached hydrogens (primary N) is 1.